The largest absolute Gasteiger partial charge is 0.436 e. The molecule has 0 spiro atoms. The van der Waals surface area contributed by atoms with Gasteiger partial charge < -0.3 is 22.7 Å². The third-order valence-electron chi connectivity index (χ3n) is 17.5. The fourth-order valence-electron chi connectivity index (χ4n) is 13.9. The van der Waals surface area contributed by atoms with Crippen LogP contribution >= 0.6 is 0 Å². The van der Waals surface area contributed by atoms with E-state index < -0.39 is 0 Å². The Hall–Kier alpha value is -9.98. The number of aryl methyl sites for hydroxylation is 10. The van der Waals surface area contributed by atoms with Crippen molar-refractivity contribution >= 4 is 98.3 Å². The van der Waals surface area contributed by atoms with Gasteiger partial charge in [-0.1, -0.05) is 109 Å². The molecule has 0 aliphatic rings. The molecule has 0 aliphatic carbocycles. The SMILES string of the molecule is Cc1ccc2c3ccc(C)cc3n(-c3c(-c4cc(C)nc(C)c4)c(-n4c5cc(C)ccc5c5ccc(C)cc54)c(-n4c5cc(C)ccc5c5ccc(C)cc54)c(-c4nc5ccccc5o4)c3-n3c4cc(C)ccc4c4ccc(C)cc43)c2c1. The minimum absolute atomic E-state index is 0.513. The average molecular weight is 1070 g/mol. The normalized spacial score (nSPS) is 12.2. The lowest BCUT2D eigenvalue weighted by molar-refractivity contribution is 0.619. The van der Waals surface area contributed by atoms with Gasteiger partial charge in [0.25, 0.3) is 0 Å². The van der Waals surface area contributed by atoms with Crippen LogP contribution in [0.1, 0.15) is 55.9 Å². The molecule has 0 aliphatic heterocycles. The molecule has 0 radical (unpaired) electrons. The van der Waals surface area contributed by atoms with Gasteiger partial charge in [0.2, 0.25) is 5.89 Å². The molecule has 0 fully saturated rings. The highest BCUT2D eigenvalue weighted by Crippen LogP contribution is 2.55. The zero-order valence-corrected chi connectivity index (χ0v) is 48.4. The van der Waals surface area contributed by atoms with Crippen LogP contribution in [0.2, 0.25) is 0 Å². The fraction of sp³-hybridized carbons (Fsp3) is 0.132. The van der Waals surface area contributed by atoms with E-state index in [9.17, 15) is 0 Å². The summed E-state index contributed by atoms with van der Waals surface area (Å²) in [6, 6.07) is 68.6. The number of oxazole rings is 1. The Kier molecular flexibility index (Phi) is 10.5. The number of para-hydroxylation sites is 2. The van der Waals surface area contributed by atoms with Crippen molar-refractivity contribution in [2.45, 2.75) is 69.2 Å². The molecule has 7 nitrogen and oxygen atoms in total. The third kappa shape index (κ3) is 7.23. The first kappa shape index (κ1) is 48.9. The summed E-state index contributed by atoms with van der Waals surface area (Å²) in [7, 11) is 0. The van der Waals surface area contributed by atoms with Crippen LogP contribution in [0.15, 0.2) is 186 Å². The van der Waals surface area contributed by atoms with Crippen molar-refractivity contribution < 1.29 is 4.42 Å². The Balaban J connectivity index is 1.34. The minimum atomic E-state index is 0.513. The molecular formula is C76H60N6O. The summed E-state index contributed by atoms with van der Waals surface area (Å²) in [6.45, 7) is 22.0. The molecular weight excluding hydrogens is 1010 g/mol. The Morgan fingerprint density at radius 3 is 0.819 bits per heavy atom. The van der Waals surface area contributed by atoms with Crippen molar-refractivity contribution in [2.24, 2.45) is 0 Å². The van der Waals surface area contributed by atoms with Crippen LogP contribution in [-0.2, 0) is 0 Å². The number of nitrogens with zero attached hydrogens (tertiary/aromatic N) is 6. The Morgan fingerprint density at radius 1 is 0.277 bits per heavy atom. The quantitative estimate of drug-likeness (QED) is 0.167. The molecule has 400 valence electrons. The summed E-state index contributed by atoms with van der Waals surface area (Å²) in [5.41, 5.74) is 28.2. The van der Waals surface area contributed by atoms with E-state index in [0.717, 1.165) is 144 Å². The summed E-state index contributed by atoms with van der Waals surface area (Å²) in [5.74, 6) is 0.513. The predicted octanol–water partition coefficient (Wildman–Crippen LogP) is 20.0. The number of rotatable bonds is 6. The molecule has 0 saturated heterocycles. The zero-order chi connectivity index (χ0) is 56.4. The predicted molar refractivity (Wildman–Crippen MR) is 347 cm³/mol. The van der Waals surface area contributed by atoms with Gasteiger partial charge in [-0.25, -0.2) is 4.98 Å². The van der Waals surface area contributed by atoms with Crippen LogP contribution in [0.3, 0.4) is 0 Å². The maximum Gasteiger partial charge on any atom is 0.231 e. The summed E-state index contributed by atoms with van der Waals surface area (Å²) >= 11 is 0. The van der Waals surface area contributed by atoms with Crippen molar-refractivity contribution in [3.05, 3.63) is 238 Å². The van der Waals surface area contributed by atoms with Gasteiger partial charge in [-0.05, 0) is 192 Å². The molecule has 0 unspecified atom stereocenters. The summed E-state index contributed by atoms with van der Waals surface area (Å²) in [5, 5.41) is 9.32. The van der Waals surface area contributed by atoms with Gasteiger partial charge in [0.1, 0.15) is 5.52 Å². The smallest absolute Gasteiger partial charge is 0.231 e. The van der Waals surface area contributed by atoms with Gasteiger partial charge in [0.15, 0.2) is 5.58 Å². The van der Waals surface area contributed by atoms with Crippen molar-refractivity contribution in [3.8, 4) is 45.3 Å². The minimum Gasteiger partial charge on any atom is -0.436 e. The van der Waals surface area contributed by atoms with Crippen molar-refractivity contribution in [1.29, 1.82) is 0 Å². The number of hydrogen-bond donors (Lipinski definition) is 0. The maximum absolute atomic E-state index is 7.56. The molecule has 0 atom stereocenters. The van der Waals surface area contributed by atoms with E-state index in [0.29, 0.717) is 11.5 Å². The fourth-order valence-corrected chi connectivity index (χ4v) is 13.9. The van der Waals surface area contributed by atoms with Gasteiger partial charge >= 0.3 is 0 Å². The van der Waals surface area contributed by atoms with Crippen LogP contribution in [0.5, 0.6) is 0 Å². The van der Waals surface area contributed by atoms with Crippen molar-refractivity contribution in [1.82, 2.24) is 28.2 Å². The number of aromatic nitrogens is 6. The second-order valence-electron chi connectivity index (χ2n) is 23.8. The molecule has 16 aromatic rings. The van der Waals surface area contributed by atoms with E-state index in [1.165, 1.54) is 43.8 Å². The molecule has 0 amide bonds. The number of hydrogen-bond acceptors (Lipinski definition) is 3. The highest BCUT2D eigenvalue weighted by atomic mass is 16.3. The number of fused-ring (bicyclic) bond motifs is 13. The van der Waals surface area contributed by atoms with Crippen LogP contribution in [0.4, 0.5) is 0 Å². The summed E-state index contributed by atoms with van der Waals surface area (Å²) in [4.78, 5) is 11.0. The topological polar surface area (TPSA) is 58.6 Å². The van der Waals surface area contributed by atoms with Gasteiger partial charge in [0.05, 0.1) is 72.4 Å². The van der Waals surface area contributed by atoms with Crippen LogP contribution in [0.25, 0.3) is 144 Å². The van der Waals surface area contributed by atoms with Gasteiger partial charge in [-0.2, -0.15) is 0 Å². The molecule has 83 heavy (non-hydrogen) atoms. The van der Waals surface area contributed by atoms with Gasteiger partial charge in [-0.3, -0.25) is 4.98 Å². The van der Waals surface area contributed by atoms with E-state index >= 15 is 0 Å². The van der Waals surface area contributed by atoms with E-state index in [2.05, 4.69) is 269 Å². The highest BCUT2D eigenvalue weighted by Gasteiger charge is 2.37. The summed E-state index contributed by atoms with van der Waals surface area (Å²) < 4.78 is 17.9. The van der Waals surface area contributed by atoms with Crippen molar-refractivity contribution in [2.75, 3.05) is 0 Å². The second kappa shape index (κ2) is 17.8. The Bertz CT molecular complexity index is 4950. The Morgan fingerprint density at radius 2 is 0.542 bits per heavy atom. The zero-order valence-electron chi connectivity index (χ0n) is 48.4. The van der Waals surface area contributed by atoms with E-state index in [1.54, 1.807) is 0 Å². The molecule has 16 rings (SSSR count). The van der Waals surface area contributed by atoms with Crippen LogP contribution < -0.4 is 0 Å². The highest BCUT2D eigenvalue weighted by molar-refractivity contribution is 6.19. The Labute approximate surface area is 480 Å². The van der Waals surface area contributed by atoms with E-state index in [-0.39, 0.29) is 0 Å². The molecule has 6 aromatic heterocycles. The number of pyridine rings is 1. The molecule has 6 heterocycles. The molecule has 0 saturated carbocycles. The van der Waals surface area contributed by atoms with Gasteiger partial charge in [-0.15, -0.1) is 0 Å². The lowest BCUT2D eigenvalue weighted by atomic mass is 9.92. The second-order valence-corrected chi connectivity index (χ2v) is 23.8. The van der Waals surface area contributed by atoms with Gasteiger partial charge in [0, 0.05) is 60.0 Å². The van der Waals surface area contributed by atoms with Crippen molar-refractivity contribution in [3.63, 3.8) is 0 Å². The lowest BCUT2D eigenvalue weighted by Gasteiger charge is -2.30. The standard InChI is InChI=1S/C76H60N6O/c1-41-15-23-52-53-24-16-42(2)32-62(53)79(61(52)31-41)72-70(51-39-49(9)77-50(10)40-51)73(80-63-33-43(3)17-25-54(63)55-26-18-44(4)34-64(55)80)75(82-67-37-47(7)21-29-58(67)59-30-22-48(8)38-68(59)82)71(76-78-60-13-11-12-14-69(60)83-76)74(72)81-65-35-45(5)19-27-56(65)57-28-20-46(6)36-66(57)81/h11-40H,1-10H3. The first-order valence-corrected chi connectivity index (χ1v) is 28.9. The van der Waals surface area contributed by atoms with Crippen LogP contribution in [-0.4, -0.2) is 28.2 Å². The third-order valence-corrected chi connectivity index (χ3v) is 17.5. The monoisotopic (exact) mass is 1070 g/mol. The average Bonchev–Trinajstić information content (AvgIpc) is 1.77. The van der Waals surface area contributed by atoms with E-state index in [4.69, 9.17) is 14.4 Å². The summed E-state index contributed by atoms with van der Waals surface area (Å²) in [6.07, 6.45) is 0. The lowest BCUT2D eigenvalue weighted by Crippen LogP contribution is -2.16. The first-order valence-electron chi connectivity index (χ1n) is 28.9. The molecule has 0 N–H and O–H groups in total. The maximum atomic E-state index is 7.56. The molecule has 0 bridgehead atoms. The molecule has 7 heteroatoms. The van der Waals surface area contributed by atoms with Crippen LogP contribution in [0, 0.1) is 69.2 Å². The number of benzene rings is 10. The first-order chi connectivity index (χ1) is 40.2. The molecule has 10 aromatic carbocycles. The van der Waals surface area contributed by atoms with E-state index in [1.807, 2.05) is 0 Å².